The van der Waals surface area contributed by atoms with Crippen LogP contribution in [0.1, 0.15) is 47.3 Å². The summed E-state index contributed by atoms with van der Waals surface area (Å²) in [7, 11) is 0. The topological polar surface area (TPSA) is 146 Å². The van der Waals surface area contributed by atoms with E-state index in [2.05, 4.69) is 47.8 Å². The van der Waals surface area contributed by atoms with Gasteiger partial charge >= 0.3 is 11.9 Å². The van der Waals surface area contributed by atoms with Crippen LogP contribution in [0.25, 0.3) is 0 Å². The predicted octanol–water partition coefficient (Wildman–Crippen LogP) is 9.34. The lowest BCUT2D eigenvalue weighted by molar-refractivity contribution is -0.137. The molecular formula is C36H35Br2Cl2F2N3O7. The lowest BCUT2D eigenvalue weighted by Gasteiger charge is -2.14. The smallest absolute Gasteiger partial charge is 0.322 e. The Bertz CT molecular complexity index is 1860. The molecule has 0 atom stereocenters. The standard InChI is InChI=1S/C18H17Br2FN2O4.C18H18Cl2FNO3/c1-2-22-14-5-3-4-10(16(14)21)9-27-17-12(19)6-11(7-13(17)20)18(26)23-8-15(24)25;1-2-22-15-5-3-4-12(17(15)21)10-25-18-13(19)8-11(9-14(18)20)6-7-16(23)24/h3-7,22H,2,8-9H2,1H3,(H,23,26)(H,24,25);3-5,8-9,22H,2,6-7,10H2,1H3,(H,23,24). The third kappa shape index (κ3) is 12.5. The van der Waals surface area contributed by atoms with Crippen LogP contribution in [0.15, 0.2) is 69.6 Å². The molecule has 0 bridgehead atoms. The number of nitrogens with one attached hydrogen (secondary N) is 3. The number of ether oxygens (including phenoxy) is 2. The Morgan fingerprint density at radius 2 is 1.23 bits per heavy atom. The zero-order valence-electron chi connectivity index (χ0n) is 27.9. The number of carbonyl (C=O) groups is 3. The summed E-state index contributed by atoms with van der Waals surface area (Å²) in [6.45, 7) is 4.46. The highest BCUT2D eigenvalue weighted by Gasteiger charge is 2.17. The van der Waals surface area contributed by atoms with Crippen LogP contribution in [-0.2, 0) is 29.2 Å². The van der Waals surface area contributed by atoms with Gasteiger partial charge in [-0.1, -0.05) is 47.5 Å². The summed E-state index contributed by atoms with van der Waals surface area (Å²) in [6, 6.07) is 16.3. The second kappa shape index (κ2) is 20.8. The van der Waals surface area contributed by atoms with E-state index in [-0.39, 0.29) is 52.6 Å². The number of carbonyl (C=O) groups excluding carboxylic acids is 1. The summed E-state index contributed by atoms with van der Waals surface area (Å²) in [4.78, 5) is 33.2. The van der Waals surface area contributed by atoms with Crippen molar-refractivity contribution in [1.29, 1.82) is 0 Å². The normalized spacial score (nSPS) is 10.5. The van der Waals surface area contributed by atoms with Gasteiger partial charge in [0.05, 0.1) is 30.4 Å². The Labute approximate surface area is 326 Å². The van der Waals surface area contributed by atoms with Crippen molar-refractivity contribution >= 4 is 84.3 Å². The Morgan fingerprint density at radius 1 is 0.750 bits per heavy atom. The molecule has 0 aliphatic carbocycles. The second-order valence-electron chi connectivity index (χ2n) is 10.8. The number of hydrogen-bond donors (Lipinski definition) is 5. The Balaban J connectivity index is 0.000000281. The molecule has 0 saturated heterocycles. The lowest BCUT2D eigenvalue weighted by atomic mass is 10.1. The van der Waals surface area contributed by atoms with Gasteiger partial charge in [0.2, 0.25) is 0 Å². The van der Waals surface area contributed by atoms with Crippen LogP contribution < -0.4 is 25.4 Å². The van der Waals surface area contributed by atoms with Crippen LogP contribution in [0.2, 0.25) is 10.0 Å². The number of hydrogen-bond acceptors (Lipinski definition) is 7. The first-order valence-corrected chi connectivity index (χ1v) is 18.1. The fourth-order valence-corrected chi connectivity index (χ4v) is 6.63. The molecule has 16 heteroatoms. The van der Waals surface area contributed by atoms with E-state index in [9.17, 15) is 23.2 Å². The maximum Gasteiger partial charge on any atom is 0.322 e. The minimum absolute atomic E-state index is 0.00712. The molecule has 10 nitrogen and oxygen atoms in total. The highest BCUT2D eigenvalue weighted by Crippen LogP contribution is 2.37. The summed E-state index contributed by atoms with van der Waals surface area (Å²) in [5.41, 5.74) is 2.52. The van der Waals surface area contributed by atoms with Gasteiger partial charge in [-0.3, -0.25) is 14.4 Å². The van der Waals surface area contributed by atoms with Crippen LogP contribution >= 0.6 is 55.1 Å². The van der Waals surface area contributed by atoms with E-state index in [1.54, 1.807) is 48.5 Å². The highest BCUT2D eigenvalue weighted by atomic mass is 79.9. The maximum atomic E-state index is 14.4. The number of aryl methyl sites for hydroxylation is 1. The number of amides is 1. The van der Waals surface area contributed by atoms with Gasteiger partial charge in [-0.15, -0.1) is 0 Å². The maximum absolute atomic E-state index is 14.4. The van der Waals surface area contributed by atoms with E-state index in [1.165, 1.54) is 12.1 Å². The summed E-state index contributed by atoms with van der Waals surface area (Å²) in [5.74, 6) is -2.68. The molecule has 0 unspecified atom stereocenters. The quantitative estimate of drug-likeness (QED) is 0.0743. The first-order valence-electron chi connectivity index (χ1n) is 15.7. The van der Waals surface area contributed by atoms with Gasteiger partial charge < -0.3 is 35.6 Å². The Morgan fingerprint density at radius 3 is 1.67 bits per heavy atom. The van der Waals surface area contributed by atoms with E-state index in [1.807, 2.05) is 13.8 Å². The molecule has 0 aliphatic rings. The summed E-state index contributed by atoms with van der Waals surface area (Å²) >= 11 is 19.0. The number of aliphatic carboxylic acids is 2. The summed E-state index contributed by atoms with van der Waals surface area (Å²) in [6.07, 6.45) is 0.295. The van der Waals surface area contributed by atoms with Crippen molar-refractivity contribution < 1.29 is 42.9 Å². The fraction of sp³-hybridized carbons (Fsp3) is 0.250. The number of carboxylic acid groups (broad SMARTS) is 2. The molecule has 0 aliphatic heterocycles. The minimum atomic E-state index is -1.14. The molecule has 0 saturated carbocycles. The predicted molar refractivity (Wildman–Crippen MR) is 204 cm³/mol. The van der Waals surface area contributed by atoms with Crippen molar-refractivity contribution in [1.82, 2.24) is 5.32 Å². The number of rotatable bonds is 16. The first kappa shape index (κ1) is 42.3. The van der Waals surface area contributed by atoms with E-state index >= 15 is 0 Å². The Hall–Kier alpha value is -4.11. The third-order valence-corrected chi connectivity index (χ3v) is 8.72. The van der Waals surface area contributed by atoms with Crippen molar-refractivity contribution in [2.75, 3.05) is 30.3 Å². The van der Waals surface area contributed by atoms with E-state index < -0.39 is 24.4 Å². The zero-order valence-corrected chi connectivity index (χ0v) is 32.6. The molecular weight excluding hydrogens is 855 g/mol. The molecule has 0 aromatic heterocycles. The van der Waals surface area contributed by atoms with E-state index in [0.717, 1.165) is 0 Å². The van der Waals surface area contributed by atoms with Crippen molar-refractivity contribution in [2.24, 2.45) is 0 Å². The summed E-state index contributed by atoms with van der Waals surface area (Å²) < 4.78 is 41.0. The van der Waals surface area contributed by atoms with Gasteiger partial charge in [-0.2, -0.15) is 0 Å². The highest BCUT2D eigenvalue weighted by molar-refractivity contribution is 9.11. The van der Waals surface area contributed by atoms with E-state index in [4.69, 9.17) is 42.9 Å². The summed E-state index contributed by atoms with van der Waals surface area (Å²) in [5, 5.41) is 26.0. The van der Waals surface area contributed by atoms with Crippen molar-refractivity contribution in [3.8, 4) is 11.5 Å². The zero-order chi connectivity index (χ0) is 38.4. The monoisotopic (exact) mass is 887 g/mol. The SMILES string of the molecule is CCNc1cccc(COc2c(Br)cc(C(=O)NCC(=O)O)cc2Br)c1F.CCNc1cccc(COc2c(Cl)cc(CCC(=O)O)cc2Cl)c1F. The average Bonchev–Trinajstić information content (AvgIpc) is 3.09. The molecule has 4 aromatic rings. The van der Waals surface area contributed by atoms with Gasteiger partial charge in [0, 0.05) is 36.2 Å². The number of carboxylic acids is 2. The van der Waals surface area contributed by atoms with Crippen LogP contribution in [0, 0.1) is 11.6 Å². The van der Waals surface area contributed by atoms with Crippen LogP contribution in [0.4, 0.5) is 20.2 Å². The number of benzene rings is 4. The van der Waals surface area contributed by atoms with Gasteiger partial charge in [-0.25, -0.2) is 8.78 Å². The fourth-order valence-electron chi connectivity index (χ4n) is 4.57. The van der Waals surface area contributed by atoms with Crippen LogP contribution in [0.5, 0.6) is 11.5 Å². The molecule has 0 radical (unpaired) electrons. The van der Waals surface area contributed by atoms with Gasteiger partial charge in [0.15, 0.2) is 17.4 Å². The van der Waals surface area contributed by atoms with Crippen molar-refractivity contribution in [2.45, 2.75) is 39.9 Å². The molecule has 52 heavy (non-hydrogen) atoms. The largest absolute Gasteiger partial charge is 0.486 e. The van der Waals surface area contributed by atoms with Gasteiger partial charge in [-0.05, 0) is 94.1 Å². The molecule has 5 N–H and O–H groups in total. The molecule has 0 spiro atoms. The second-order valence-corrected chi connectivity index (χ2v) is 13.3. The van der Waals surface area contributed by atoms with Gasteiger partial charge in [0.1, 0.15) is 25.5 Å². The van der Waals surface area contributed by atoms with E-state index in [0.29, 0.717) is 62.3 Å². The number of halogens is 6. The third-order valence-electron chi connectivity index (χ3n) is 6.98. The average molecular weight is 890 g/mol. The molecule has 0 fully saturated rings. The first-order chi connectivity index (χ1) is 24.7. The molecule has 0 heterocycles. The Kier molecular flexibility index (Phi) is 16.9. The molecule has 4 aromatic carbocycles. The van der Waals surface area contributed by atoms with Crippen molar-refractivity contribution in [3.63, 3.8) is 0 Å². The van der Waals surface area contributed by atoms with Crippen molar-refractivity contribution in [3.05, 3.63) is 114 Å². The lowest BCUT2D eigenvalue weighted by Crippen LogP contribution is -2.29. The molecule has 278 valence electrons. The molecule has 1 amide bonds. The minimum Gasteiger partial charge on any atom is -0.486 e. The van der Waals surface area contributed by atoms with Crippen LogP contribution in [0.3, 0.4) is 0 Å². The number of anilines is 2. The van der Waals surface area contributed by atoms with Gasteiger partial charge in [0.25, 0.3) is 5.91 Å². The molecule has 4 rings (SSSR count). The van der Waals surface area contributed by atoms with Crippen LogP contribution in [-0.4, -0.2) is 47.7 Å².